The van der Waals surface area contributed by atoms with Crippen LogP contribution in [0.2, 0.25) is 0 Å². The van der Waals surface area contributed by atoms with Crippen molar-refractivity contribution in [3.8, 4) is 0 Å². The normalized spacial score (nSPS) is 22.8. The molecule has 7 heteroatoms. The van der Waals surface area contributed by atoms with Crippen LogP contribution in [0.1, 0.15) is 26.2 Å². The molecule has 0 radical (unpaired) electrons. The van der Waals surface area contributed by atoms with Gasteiger partial charge in [-0.2, -0.15) is 0 Å². The van der Waals surface area contributed by atoms with E-state index in [-0.39, 0.29) is 12.6 Å². The monoisotopic (exact) mass is 273 g/mol. The van der Waals surface area contributed by atoms with Gasteiger partial charge in [0.25, 0.3) is 0 Å². The number of carboxylic acid groups (broad SMARTS) is 1. The van der Waals surface area contributed by atoms with E-state index in [1.807, 2.05) is 7.05 Å². The Morgan fingerprint density at radius 3 is 2.63 bits per heavy atom. The molecule has 4 N–H and O–H groups in total. The molecule has 1 rings (SSSR count). The molecule has 19 heavy (non-hydrogen) atoms. The summed E-state index contributed by atoms with van der Waals surface area (Å²) in [5.74, 6) is -1.10. The van der Waals surface area contributed by atoms with Crippen LogP contribution in [0.4, 0.5) is 4.79 Å². The van der Waals surface area contributed by atoms with Gasteiger partial charge in [0.05, 0.1) is 12.0 Å². The van der Waals surface area contributed by atoms with Crippen molar-refractivity contribution in [2.75, 3.05) is 26.7 Å². The third-order valence-electron chi connectivity index (χ3n) is 3.33. The number of likely N-dealkylation sites (tertiary alicyclic amines) is 1. The van der Waals surface area contributed by atoms with Crippen LogP contribution in [-0.2, 0) is 4.79 Å². The Bertz CT molecular complexity index is 333. The van der Waals surface area contributed by atoms with E-state index in [1.165, 1.54) is 6.92 Å². The molecule has 0 bridgehead atoms. The van der Waals surface area contributed by atoms with Gasteiger partial charge in [-0.15, -0.1) is 0 Å². The van der Waals surface area contributed by atoms with Crippen LogP contribution in [-0.4, -0.2) is 65.4 Å². The van der Waals surface area contributed by atoms with E-state index in [1.54, 1.807) is 0 Å². The number of urea groups is 1. The first-order valence-corrected chi connectivity index (χ1v) is 6.46. The molecule has 2 unspecified atom stereocenters. The van der Waals surface area contributed by atoms with Crippen molar-refractivity contribution >= 4 is 12.0 Å². The SMILES string of the molecule is CN1CCCC1CNC(=O)NCC(C)(O)CC(=O)O. The zero-order valence-corrected chi connectivity index (χ0v) is 11.5. The first-order valence-electron chi connectivity index (χ1n) is 6.46. The van der Waals surface area contributed by atoms with Gasteiger partial charge in [0.2, 0.25) is 0 Å². The van der Waals surface area contributed by atoms with Crippen molar-refractivity contribution in [3.63, 3.8) is 0 Å². The second kappa shape index (κ2) is 6.72. The molecular formula is C12H23N3O4. The molecule has 7 nitrogen and oxygen atoms in total. The number of carbonyl (C=O) groups is 2. The molecule has 2 amide bonds. The summed E-state index contributed by atoms with van der Waals surface area (Å²) in [6, 6.07) is -0.0313. The zero-order chi connectivity index (χ0) is 14.5. The molecule has 2 atom stereocenters. The van der Waals surface area contributed by atoms with Gasteiger partial charge in [0.15, 0.2) is 0 Å². The molecule has 1 saturated heterocycles. The third kappa shape index (κ3) is 5.89. The molecule has 0 spiro atoms. The summed E-state index contributed by atoms with van der Waals surface area (Å²) < 4.78 is 0. The Labute approximate surface area is 113 Å². The van der Waals surface area contributed by atoms with Gasteiger partial charge in [-0.25, -0.2) is 4.79 Å². The topological polar surface area (TPSA) is 102 Å². The van der Waals surface area contributed by atoms with Gasteiger partial charge in [0, 0.05) is 19.1 Å². The van der Waals surface area contributed by atoms with Crippen LogP contribution in [0.25, 0.3) is 0 Å². The minimum Gasteiger partial charge on any atom is -0.481 e. The van der Waals surface area contributed by atoms with Crippen LogP contribution in [0.3, 0.4) is 0 Å². The quantitative estimate of drug-likeness (QED) is 0.528. The number of carbonyl (C=O) groups excluding carboxylic acids is 1. The first-order chi connectivity index (χ1) is 8.80. The molecule has 0 aromatic rings. The number of aliphatic carboxylic acids is 1. The van der Waals surface area contributed by atoms with Crippen LogP contribution in [0, 0.1) is 0 Å². The van der Waals surface area contributed by atoms with Gasteiger partial charge in [-0.3, -0.25) is 4.79 Å². The molecule has 110 valence electrons. The fourth-order valence-electron chi connectivity index (χ4n) is 2.17. The maximum atomic E-state index is 11.5. The average Bonchev–Trinajstić information content (AvgIpc) is 2.68. The second-order valence-electron chi connectivity index (χ2n) is 5.41. The Kier molecular flexibility index (Phi) is 5.56. The highest BCUT2D eigenvalue weighted by Crippen LogP contribution is 2.13. The minimum atomic E-state index is -1.44. The molecule has 0 aromatic carbocycles. The van der Waals surface area contributed by atoms with Gasteiger partial charge < -0.3 is 25.7 Å². The van der Waals surface area contributed by atoms with Crippen molar-refractivity contribution < 1.29 is 19.8 Å². The van der Waals surface area contributed by atoms with Crippen LogP contribution in [0.15, 0.2) is 0 Å². The smallest absolute Gasteiger partial charge is 0.314 e. The highest BCUT2D eigenvalue weighted by atomic mass is 16.4. The van der Waals surface area contributed by atoms with E-state index < -0.39 is 18.0 Å². The first kappa shape index (κ1) is 15.7. The number of hydrogen-bond donors (Lipinski definition) is 4. The summed E-state index contributed by atoms with van der Waals surface area (Å²) in [4.78, 5) is 24.2. The largest absolute Gasteiger partial charge is 0.481 e. The Morgan fingerprint density at radius 1 is 1.42 bits per heavy atom. The molecule has 0 aromatic heterocycles. The van der Waals surface area contributed by atoms with Crippen LogP contribution in [0.5, 0.6) is 0 Å². The lowest BCUT2D eigenvalue weighted by Crippen LogP contribution is -2.48. The predicted molar refractivity (Wildman–Crippen MR) is 69.9 cm³/mol. The lowest BCUT2D eigenvalue weighted by molar-refractivity contribution is -0.141. The summed E-state index contributed by atoms with van der Waals surface area (Å²) >= 11 is 0. The van der Waals surface area contributed by atoms with E-state index in [2.05, 4.69) is 15.5 Å². The molecule has 1 aliphatic rings. The Hall–Kier alpha value is -1.34. The van der Waals surface area contributed by atoms with Gasteiger partial charge in [0.1, 0.15) is 0 Å². The van der Waals surface area contributed by atoms with E-state index in [4.69, 9.17) is 5.11 Å². The number of nitrogens with one attached hydrogen (secondary N) is 2. The Balaban J connectivity index is 2.22. The van der Waals surface area contributed by atoms with Crippen molar-refractivity contribution in [3.05, 3.63) is 0 Å². The van der Waals surface area contributed by atoms with E-state index in [0.29, 0.717) is 12.6 Å². The fourth-order valence-corrected chi connectivity index (χ4v) is 2.17. The van der Waals surface area contributed by atoms with Crippen molar-refractivity contribution in [2.24, 2.45) is 0 Å². The molecule has 1 fully saturated rings. The Morgan fingerprint density at radius 2 is 2.11 bits per heavy atom. The second-order valence-corrected chi connectivity index (χ2v) is 5.41. The predicted octanol–water partition coefficient (Wildman–Crippen LogP) is -0.394. The molecule has 1 heterocycles. The molecule has 0 aliphatic carbocycles. The van der Waals surface area contributed by atoms with Gasteiger partial charge in [-0.1, -0.05) is 0 Å². The fraction of sp³-hybridized carbons (Fsp3) is 0.833. The number of carboxylic acids is 1. The summed E-state index contributed by atoms with van der Waals surface area (Å²) in [5, 5.41) is 23.5. The standard InChI is InChI=1S/C12H23N3O4/c1-12(19,6-10(16)17)8-14-11(18)13-7-9-4-3-5-15(9)2/h9,19H,3-8H2,1-2H3,(H,16,17)(H2,13,14,18). The van der Waals surface area contributed by atoms with Crippen LogP contribution < -0.4 is 10.6 Å². The lowest BCUT2D eigenvalue weighted by Gasteiger charge is -2.23. The third-order valence-corrected chi connectivity index (χ3v) is 3.33. The van der Waals surface area contributed by atoms with Crippen molar-refractivity contribution in [1.82, 2.24) is 15.5 Å². The van der Waals surface area contributed by atoms with Crippen LogP contribution >= 0.6 is 0 Å². The summed E-state index contributed by atoms with van der Waals surface area (Å²) in [5.41, 5.74) is -1.44. The van der Waals surface area contributed by atoms with E-state index >= 15 is 0 Å². The lowest BCUT2D eigenvalue weighted by atomic mass is 10.0. The number of likely N-dealkylation sites (N-methyl/N-ethyl adjacent to an activating group) is 1. The highest BCUT2D eigenvalue weighted by molar-refractivity contribution is 5.74. The van der Waals surface area contributed by atoms with Crippen molar-refractivity contribution in [1.29, 1.82) is 0 Å². The number of amides is 2. The number of hydrogen-bond acceptors (Lipinski definition) is 4. The summed E-state index contributed by atoms with van der Waals surface area (Å²) in [6.07, 6.45) is 1.80. The summed E-state index contributed by atoms with van der Waals surface area (Å²) in [6.45, 7) is 2.89. The number of rotatable bonds is 6. The maximum absolute atomic E-state index is 11.5. The van der Waals surface area contributed by atoms with E-state index in [9.17, 15) is 14.7 Å². The molecule has 1 aliphatic heterocycles. The molecular weight excluding hydrogens is 250 g/mol. The minimum absolute atomic E-state index is 0.0916. The zero-order valence-electron chi connectivity index (χ0n) is 11.5. The average molecular weight is 273 g/mol. The molecule has 0 saturated carbocycles. The van der Waals surface area contributed by atoms with Crippen molar-refractivity contribution in [2.45, 2.75) is 37.8 Å². The summed E-state index contributed by atoms with van der Waals surface area (Å²) in [7, 11) is 2.02. The maximum Gasteiger partial charge on any atom is 0.314 e. The van der Waals surface area contributed by atoms with Gasteiger partial charge in [-0.05, 0) is 33.4 Å². The highest BCUT2D eigenvalue weighted by Gasteiger charge is 2.25. The van der Waals surface area contributed by atoms with Gasteiger partial charge >= 0.3 is 12.0 Å². The number of aliphatic hydroxyl groups is 1. The van der Waals surface area contributed by atoms with E-state index in [0.717, 1.165) is 19.4 Å². The number of nitrogens with zero attached hydrogens (tertiary/aromatic N) is 1.